The van der Waals surface area contributed by atoms with Gasteiger partial charge in [-0.2, -0.15) is 0 Å². The normalized spacial score (nSPS) is 23.8. The first-order valence-corrected chi connectivity index (χ1v) is 13.2. The predicted octanol–water partition coefficient (Wildman–Crippen LogP) is 2.54. The molecule has 0 radical (unpaired) electrons. The second-order valence-corrected chi connectivity index (χ2v) is 12.3. The van der Waals surface area contributed by atoms with Crippen molar-refractivity contribution in [2.45, 2.75) is 43.6 Å². The predicted molar refractivity (Wildman–Crippen MR) is 135 cm³/mol. The highest BCUT2D eigenvalue weighted by Gasteiger charge is 2.59. The molecule has 0 bridgehead atoms. The summed E-state index contributed by atoms with van der Waals surface area (Å²) in [7, 11) is -2.91. The van der Waals surface area contributed by atoms with Gasteiger partial charge in [0.05, 0.1) is 12.2 Å². The monoisotopic (exact) mass is 550 g/mol. The summed E-state index contributed by atoms with van der Waals surface area (Å²) in [5.41, 5.74) is -0.851. The Hall–Kier alpha value is -3.65. The van der Waals surface area contributed by atoms with E-state index in [1.165, 1.54) is 25.2 Å². The van der Waals surface area contributed by atoms with Crippen molar-refractivity contribution < 1.29 is 31.5 Å². The van der Waals surface area contributed by atoms with Crippen LogP contribution >= 0.6 is 0 Å². The summed E-state index contributed by atoms with van der Waals surface area (Å²) in [5.74, 6) is -2.34. The number of nitrogens with zero attached hydrogens (tertiary/aromatic N) is 3. The fourth-order valence-electron chi connectivity index (χ4n) is 4.42. The number of sulfonamides is 1. The summed E-state index contributed by atoms with van der Waals surface area (Å²) in [6, 6.07) is 4.79. The average Bonchev–Trinajstić information content (AvgIpc) is 3.32. The Bertz CT molecular complexity index is 1390. The molecule has 0 saturated carbocycles. The zero-order valence-corrected chi connectivity index (χ0v) is 22.0. The molecule has 2 aliphatic rings. The summed E-state index contributed by atoms with van der Waals surface area (Å²) < 4.78 is 60.5. The van der Waals surface area contributed by atoms with Crippen molar-refractivity contribution in [3.63, 3.8) is 0 Å². The Labute approximate surface area is 218 Å². The van der Waals surface area contributed by atoms with Gasteiger partial charge in [-0.1, -0.05) is 0 Å². The van der Waals surface area contributed by atoms with Crippen LogP contribution in [0.3, 0.4) is 0 Å². The number of ether oxygens (including phenoxy) is 1. The molecule has 14 heteroatoms. The maximum atomic E-state index is 15.3. The number of rotatable bonds is 3. The lowest BCUT2D eigenvalue weighted by atomic mass is 9.90. The van der Waals surface area contributed by atoms with Gasteiger partial charge >= 0.3 is 6.09 Å². The number of aliphatic imine (C=N–C) groups is 1. The third-order valence-corrected chi connectivity index (χ3v) is 8.74. The molecule has 2 amide bonds. The van der Waals surface area contributed by atoms with E-state index in [0.717, 1.165) is 22.6 Å². The Kier molecular flexibility index (Phi) is 7.14. The minimum absolute atomic E-state index is 0.00653. The number of guanidine groups is 1. The second kappa shape index (κ2) is 9.91. The molecule has 4 rings (SSSR count). The summed E-state index contributed by atoms with van der Waals surface area (Å²) in [5, 5.41) is 8.53. The maximum Gasteiger partial charge on any atom is 0.437 e. The van der Waals surface area contributed by atoms with Crippen LogP contribution in [0.1, 0.15) is 49.3 Å². The number of carbonyl (C=O) groups is 2. The number of halogens is 2. The van der Waals surface area contributed by atoms with E-state index < -0.39 is 50.0 Å². The zero-order chi connectivity index (χ0) is 27.9. The molecular formula is C24H28F2N6O5S. The first kappa shape index (κ1) is 27.4. The highest BCUT2D eigenvalue weighted by molar-refractivity contribution is 7.91. The number of pyridine rings is 1. The number of amides is 2. The Morgan fingerprint density at radius 1 is 1.24 bits per heavy atom. The van der Waals surface area contributed by atoms with Gasteiger partial charge in [0.25, 0.3) is 5.91 Å². The van der Waals surface area contributed by atoms with Crippen molar-refractivity contribution in [2.75, 3.05) is 25.5 Å². The molecule has 1 spiro atoms. The van der Waals surface area contributed by atoms with Crippen LogP contribution in [0.2, 0.25) is 0 Å². The van der Waals surface area contributed by atoms with Crippen LogP contribution in [0.15, 0.2) is 41.5 Å². The largest absolute Gasteiger partial charge is 0.442 e. The molecule has 1 aromatic heterocycles. The average molecular weight is 551 g/mol. The van der Waals surface area contributed by atoms with Gasteiger partial charge < -0.3 is 20.7 Å². The van der Waals surface area contributed by atoms with Gasteiger partial charge in [0.15, 0.2) is 0 Å². The minimum atomic E-state index is -4.17. The van der Waals surface area contributed by atoms with Gasteiger partial charge in [-0.05, 0) is 64.1 Å². The number of aromatic nitrogens is 1. The van der Waals surface area contributed by atoms with E-state index in [4.69, 9.17) is 4.74 Å². The van der Waals surface area contributed by atoms with Crippen molar-refractivity contribution in [2.24, 2.45) is 4.99 Å². The summed E-state index contributed by atoms with van der Waals surface area (Å²) >= 11 is 0. The first-order chi connectivity index (χ1) is 17.7. The molecule has 1 aromatic carbocycles. The van der Waals surface area contributed by atoms with Crippen LogP contribution in [-0.4, -0.2) is 66.2 Å². The van der Waals surface area contributed by atoms with Crippen molar-refractivity contribution in [1.82, 2.24) is 19.9 Å². The van der Waals surface area contributed by atoms with Crippen LogP contribution in [0, 0.1) is 11.6 Å². The van der Waals surface area contributed by atoms with Crippen LogP contribution < -0.4 is 16.0 Å². The van der Waals surface area contributed by atoms with Crippen molar-refractivity contribution in [3.8, 4) is 0 Å². The maximum absolute atomic E-state index is 15.3. The quantitative estimate of drug-likeness (QED) is 0.529. The summed E-state index contributed by atoms with van der Waals surface area (Å²) in [6.07, 6.45) is 0.0161. The van der Waals surface area contributed by atoms with Gasteiger partial charge in [-0.3, -0.25) is 4.79 Å². The SMILES string of the molecule is CN1C(=NC(=O)OC(C)(C)C)N[C@H](c2cc(NC(=O)c3ccc(F)cn3)ccc2F)C2(CCNC2)S1(=O)=O. The minimum Gasteiger partial charge on any atom is -0.442 e. The molecule has 2 fully saturated rings. The number of hydrogen-bond donors (Lipinski definition) is 3. The highest BCUT2D eigenvalue weighted by Crippen LogP contribution is 2.43. The molecule has 204 valence electrons. The molecule has 11 nitrogen and oxygen atoms in total. The van der Waals surface area contributed by atoms with Gasteiger partial charge in [0.2, 0.25) is 16.0 Å². The summed E-state index contributed by atoms with van der Waals surface area (Å²) in [4.78, 5) is 32.5. The van der Waals surface area contributed by atoms with E-state index in [2.05, 4.69) is 25.9 Å². The van der Waals surface area contributed by atoms with Crippen molar-refractivity contribution in [1.29, 1.82) is 0 Å². The molecule has 2 aromatic rings. The Morgan fingerprint density at radius 3 is 2.58 bits per heavy atom. The zero-order valence-electron chi connectivity index (χ0n) is 21.2. The number of nitrogens with one attached hydrogen (secondary N) is 3. The second-order valence-electron chi connectivity index (χ2n) is 10.0. The van der Waals surface area contributed by atoms with Gasteiger partial charge in [0.1, 0.15) is 27.7 Å². The van der Waals surface area contributed by atoms with E-state index in [-0.39, 0.29) is 35.9 Å². The number of hydrogen-bond acceptors (Lipinski definition) is 7. The smallest absolute Gasteiger partial charge is 0.437 e. The molecule has 3 heterocycles. The molecule has 3 N–H and O–H groups in total. The van der Waals surface area contributed by atoms with E-state index in [9.17, 15) is 22.4 Å². The molecule has 2 atom stereocenters. The van der Waals surface area contributed by atoms with E-state index in [1.807, 2.05) is 0 Å². The molecule has 0 aliphatic carbocycles. The topological polar surface area (TPSA) is 142 Å². The van der Waals surface area contributed by atoms with Crippen molar-refractivity contribution in [3.05, 3.63) is 59.4 Å². The molecule has 1 unspecified atom stereocenters. The molecule has 2 saturated heterocycles. The fourth-order valence-corrected chi connectivity index (χ4v) is 6.42. The third kappa shape index (κ3) is 5.18. The van der Waals surface area contributed by atoms with Crippen LogP contribution in [0.4, 0.5) is 19.3 Å². The summed E-state index contributed by atoms with van der Waals surface area (Å²) in [6.45, 7) is 5.28. The van der Waals surface area contributed by atoms with Crippen LogP contribution in [0.25, 0.3) is 0 Å². The Balaban J connectivity index is 1.74. The van der Waals surface area contributed by atoms with Gasteiger partial charge in [0, 0.05) is 24.8 Å². The third-order valence-electron chi connectivity index (χ3n) is 6.24. The van der Waals surface area contributed by atoms with Crippen molar-refractivity contribution >= 4 is 33.7 Å². The van der Waals surface area contributed by atoms with Gasteiger partial charge in [-0.15, -0.1) is 4.99 Å². The van der Waals surface area contributed by atoms with E-state index in [1.54, 1.807) is 20.8 Å². The molecule has 38 heavy (non-hydrogen) atoms. The van der Waals surface area contributed by atoms with E-state index >= 15 is 4.39 Å². The van der Waals surface area contributed by atoms with E-state index in [0.29, 0.717) is 6.54 Å². The van der Waals surface area contributed by atoms with Gasteiger partial charge in [-0.25, -0.2) is 31.3 Å². The van der Waals surface area contributed by atoms with Crippen LogP contribution in [0.5, 0.6) is 0 Å². The number of anilines is 1. The fraction of sp³-hybridized carbons (Fsp3) is 0.417. The lowest BCUT2D eigenvalue weighted by Crippen LogP contribution is -2.65. The number of benzene rings is 1. The highest BCUT2D eigenvalue weighted by atomic mass is 32.2. The lowest BCUT2D eigenvalue weighted by molar-refractivity contribution is 0.0601. The standard InChI is InChI=1S/C24H28F2N6O5S/c1-23(2,3)37-22(34)31-21-30-19(24(9-10-27-13-24)38(35,36)32(21)4)16-11-15(6-7-17(16)26)29-20(33)18-8-5-14(25)12-28-18/h5-8,11-12,19,27H,9-10,13H2,1-4H3,(H,29,33)(H,30,31,34)/t19-,24?/m1/s1. The Morgan fingerprint density at radius 2 is 1.97 bits per heavy atom. The number of carbonyl (C=O) groups excluding carboxylic acids is 2. The molecule has 2 aliphatic heterocycles. The first-order valence-electron chi connectivity index (χ1n) is 11.7. The van der Waals surface area contributed by atoms with Crippen LogP contribution in [-0.2, 0) is 14.8 Å². The molecular weight excluding hydrogens is 522 g/mol. The lowest BCUT2D eigenvalue weighted by Gasteiger charge is -2.45.